The highest BCUT2D eigenvalue weighted by Gasteiger charge is 2.30. The van der Waals surface area contributed by atoms with Crippen LogP contribution in [0.4, 0.5) is 5.69 Å². The number of ether oxygens (including phenoxy) is 1. The highest BCUT2D eigenvalue weighted by molar-refractivity contribution is 6.30. The van der Waals surface area contributed by atoms with Crippen LogP contribution in [0.5, 0.6) is 5.75 Å². The maximum absolute atomic E-state index is 6.34. The minimum absolute atomic E-state index is 0.679. The molecule has 2 aliphatic rings. The van der Waals surface area contributed by atoms with Crippen molar-refractivity contribution in [2.24, 2.45) is 4.99 Å². The molecule has 0 aromatic heterocycles. The molecule has 2 aromatic carbocycles. The fourth-order valence-corrected chi connectivity index (χ4v) is 3.60. The van der Waals surface area contributed by atoms with Crippen LogP contribution in [0.25, 0.3) is 5.76 Å². The summed E-state index contributed by atoms with van der Waals surface area (Å²) in [6, 6.07) is 13.8. The van der Waals surface area contributed by atoms with Gasteiger partial charge in [-0.25, -0.2) is 4.99 Å². The molecule has 2 aromatic rings. The summed E-state index contributed by atoms with van der Waals surface area (Å²) < 4.78 is 6.34. The first-order valence-electron chi connectivity index (χ1n) is 8.52. The van der Waals surface area contributed by atoms with E-state index in [1.54, 1.807) is 0 Å². The van der Waals surface area contributed by atoms with Gasteiger partial charge in [-0.1, -0.05) is 23.7 Å². The molecule has 25 heavy (non-hydrogen) atoms. The number of nitrogens with zero attached hydrogens (tertiary/aromatic N) is 3. The summed E-state index contributed by atoms with van der Waals surface area (Å²) in [4.78, 5) is 9.35. The Hall–Kier alpha value is -2.46. The van der Waals surface area contributed by atoms with Gasteiger partial charge in [0.15, 0.2) is 11.5 Å². The number of hydrogen-bond donors (Lipinski definition) is 0. The fourth-order valence-electron chi connectivity index (χ4n) is 3.43. The Kier molecular flexibility index (Phi) is 3.92. The molecular weight excluding hydrogens is 334 g/mol. The molecule has 4 rings (SSSR count). The van der Waals surface area contributed by atoms with Gasteiger partial charge >= 0.3 is 0 Å². The third-order valence-corrected chi connectivity index (χ3v) is 4.92. The lowest BCUT2D eigenvalue weighted by molar-refractivity contribution is 0.370. The van der Waals surface area contributed by atoms with E-state index in [2.05, 4.69) is 36.8 Å². The van der Waals surface area contributed by atoms with Gasteiger partial charge < -0.3 is 14.5 Å². The zero-order valence-corrected chi connectivity index (χ0v) is 15.3. The number of fused-ring (bicyclic) bond motifs is 3. The summed E-state index contributed by atoms with van der Waals surface area (Å²) in [7, 11) is 2.07. The number of hydrogen-bond acceptors (Lipinski definition) is 4. The molecule has 0 fully saturated rings. The summed E-state index contributed by atoms with van der Waals surface area (Å²) in [5.41, 5.74) is 1.89. The highest BCUT2D eigenvalue weighted by Crippen LogP contribution is 2.39. The molecule has 5 heteroatoms. The lowest BCUT2D eigenvalue weighted by Crippen LogP contribution is -2.34. The smallest absolute Gasteiger partial charge is 0.166 e. The lowest BCUT2D eigenvalue weighted by Gasteiger charge is -2.32. The van der Waals surface area contributed by atoms with Crippen LogP contribution in [0.2, 0.25) is 5.02 Å². The third-order valence-electron chi connectivity index (χ3n) is 4.68. The normalized spacial score (nSPS) is 15.0. The van der Waals surface area contributed by atoms with Crippen molar-refractivity contribution in [3.8, 4) is 5.75 Å². The predicted molar refractivity (Wildman–Crippen MR) is 101 cm³/mol. The number of benzene rings is 2. The molecule has 0 bridgehead atoms. The van der Waals surface area contributed by atoms with E-state index >= 15 is 0 Å². The standard InChI is InChI=1S/C20H20ClN3O/c1-4-24(5-2)20-18-19(14-11-10-13(21)12-15(14)22-18)25-17-9-7-6-8-16(17)23(20)3/h6-12H,4-5H2,1-3H3. The molecule has 2 heterocycles. The van der Waals surface area contributed by atoms with Crippen molar-refractivity contribution in [3.63, 3.8) is 0 Å². The van der Waals surface area contributed by atoms with Crippen LogP contribution < -0.4 is 20.2 Å². The third kappa shape index (κ3) is 2.48. The van der Waals surface area contributed by atoms with Gasteiger partial charge in [-0.3, -0.25) is 0 Å². The van der Waals surface area contributed by atoms with Gasteiger partial charge in [0.1, 0.15) is 11.5 Å². The average Bonchev–Trinajstić information content (AvgIpc) is 2.90. The zero-order valence-electron chi connectivity index (χ0n) is 14.6. The second-order valence-corrected chi connectivity index (χ2v) is 6.51. The van der Waals surface area contributed by atoms with Crippen molar-refractivity contribution >= 4 is 23.0 Å². The van der Waals surface area contributed by atoms with Gasteiger partial charge in [-0.2, -0.15) is 0 Å². The van der Waals surface area contributed by atoms with Gasteiger partial charge in [0, 0.05) is 30.4 Å². The van der Waals surface area contributed by atoms with E-state index in [0.29, 0.717) is 5.02 Å². The van der Waals surface area contributed by atoms with Crippen LogP contribution >= 0.6 is 11.6 Å². The van der Waals surface area contributed by atoms with Crippen molar-refractivity contribution in [2.75, 3.05) is 25.0 Å². The molecule has 0 atom stereocenters. The molecule has 2 aliphatic heterocycles. The first-order valence-corrected chi connectivity index (χ1v) is 8.90. The molecule has 0 aliphatic carbocycles. The molecule has 128 valence electrons. The maximum Gasteiger partial charge on any atom is 0.166 e. The Morgan fingerprint density at radius 1 is 1.12 bits per heavy atom. The Morgan fingerprint density at radius 3 is 2.64 bits per heavy atom. The van der Waals surface area contributed by atoms with Crippen molar-refractivity contribution in [3.05, 3.63) is 69.6 Å². The van der Waals surface area contributed by atoms with Crippen LogP contribution in [0.3, 0.4) is 0 Å². The molecule has 0 unspecified atom stereocenters. The van der Waals surface area contributed by atoms with Crippen molar-refractivity contribution in [1.29, 1.82) is 0 Å². The van der Waals surface area contributed by atoms with E-state index in [0.717, 1.165) is 52.4 Å². The van der Waals surface area contributed by atoms with Crippen LogP contribution in [-0.2, 0) is 0 Å². The van der Waals surface area contributed by atoms with E-state index in [4.69, 9.17) is 21.3 Å². The van der Waals surface area contributed by atoms with Gasteiger partial charge in [-0.05, 0) is 44.2 Å². The van der Waals surface area contributed by atoms with E-state index in [1.165, 1.54) is 0 Å². The second kappa shape index (κ2) is 6.12. The molecule has 0 spiro atoms. The molecular formula is C20H20ClN3O. The highest BCUT2D eigenvalue weighted by atomic mass is 35.5. The largest absolute Gasteiger partial charge is 0.452 e. The number of para-hydroxylation sites is 2. The Bertz CT molecular complexity index is 992. The Morgan fingerprint density at radius 2 is 1.88 bits per heavy atom. The SMILES string of the molecule is CCN(CC)C1=C2N=c3cc(Cl)ccc3=C2Oc2ccccc2N1C. The Labute approximate surface area is 152 Å². The van der Waals surface area contributed by atoms with Crippen LogP contribution in [0.15, 0.2) is 59.0 Å². The van der Waals surface area contributed by atoms with Gasteiger partial charge in [0.2, 0.25) is 0 Å². The lowest BCUT2D eigenvalue weighted by atomic mass is 10.2. The maximum atomic E-state index is 6.34. The number of anilines is 1. The van der Waals surface area contributed by atoms with E-state index in [1.807, 2.05) is 36.4 Å². The minimum atomic E-state index is 0.679. The summed E-state index contributed by atoms with van der Waals surface area (Å²) in [5.74, 6) is 2.68. The van der Waals surface area contributed by atoms with E-state index in [9.17, 15) is 0 Å². The van der Waals surface area contributed by atoms with Gasteiger partial charge in [-0.15, -0.1) is 0 Å². The topological polar surface area (TPSA) is 28.1 Å². The Balaban J connectivity index is 2.07. The minimum Gasteiger partial charge on any atom is -0.452 e. The van der Waals surface area contributed by atoms with Gasteiger partial charge in [0.05, 0.1) is 11.0 Å². The van der Waals surface area contributed by atoms with Crippen molar-refractivity contribution < 1.29 is 4.74 Å². The quantitative estimate of drug-likeness (QED) is 0.848. The fraction of sp³-hybridized carbons (Fsp3) is 0.250. The summed E-state index contributed by atoms with van der Waals surface area (Å²) in [6.07, 6.45) is 0. The number of halogens is 1. The van der Waals surface area contributed by atoms with Crippen molar-refractivity contribution in [2.45, 2.75) is 13.8 Å². The van der Waals surface area contributed by atoms with E-state index < -0.39 is 0 Å². The van der Waals surface area contributed by atoms with Crippen LogP contribution in [0, 0.1) is 0 Å². The summed E-state index contributed by atoms with van der Waals surface area (Å²) in [6.45, 7) is 6.09. The molecule has 0 N–H and O–H groups in total. The van der Waals surface area contributed by atoms with E-state index in [-0.39, 0.29) is 0 Å². The predicted octanol–water partition coefficient (Wildman–Crippen LogP) is 3.12. The molecule has 0 saturated carbocycles. The summed E-state index contributed by atoms with van der Waals surface area (Å²) >= 11 is 6.17. The van der Waals surface area contributed by atoms with Crippen LogP contribution in [0.1, 0.15) is 13.8 Å². The molecule has 0 radical (unpaired) electrons. The first-order chi connectivity index (χ1) is 12.1. The number of rotatable bonds is 3. The molecule has 0 amide bonds. The molecule has 0 saturated heterocycles. The molecule has 4 nitrogen and oxygen atoms in total. The summed E-state index contributed by atoms with van der Waals surface area (Å²) in [5, 5.41) is 2.52. The second-order valence-electron chi connectivity index (χ2n) is 6.08. The van der Waals surface area contributed by atoms with Crippen molar-refractivity contribution in [1.82, 2.24) is 4.90 Å². The van der Waals surface area contributed by atoms with Gasteiger partial charge in [0.25, 0.3) is 0 Å². The monoisotopic (exact) mass is 353 g/mol. The zero-order chi connectivity index (χ0) is 17.6. The first kappa shape index (κ1) is 16.0. The van der Waals surface area contributed by atoms with Crippen LogP contribution in [-0.4, -0.2) is 25.0 Å². The average molecular weight is 354 g/mol.